The van der Waals surface area contributed by atoms with E-state index in [2.05, 4.69) is 29.7 Å². The van der Waals surface area contributed by atoms with Gasteiger partial charge in [0.25, 0.3) is 0 Å². The Morgan fingerprint density at radius 1 is 0.939 bits per heavy atom. The molecule has 4 rings (SSSR count). The first-order chi connectivity index (χ1) is 16.0. The van der Waals surface area contributed by atoms with Crippen LogP contribution in [0.1, 0.15) is 54.6 Å². The molecule has 33 heavy (non-hydrogen) atoms. The van der Waals surface area contributed by atoms with E-state index in [-0.39, 0.29) is 17.5 Å². The number of aryl methyl sites for hydroxylation is 2. The minimum atomic E-state index is -0.155. The van der Waals surface area contributed by atoms with Crippen molar-refractivity contribution in [2.75, 3.05) is 0 Å². The molecule has 0 saturated heterocycles. The van der Waals surface area contributed by atoms with E-state index >= 15 is 0 Å². The van der Waals surface area contributed by atoms with Gasteiger partial charge < -0.3 is 4.57 Å². The monoisotopic (exact) mass is 436 g/mol. The van der Waals surface area contributed by atoms with Crippen LogP contribution in [-0.2, 0) is 17.8 Å². The summed E-state index contributed by atoms with van der Waals surface area (Å²) in [5.74, 6) is 0.101. The number of aromatic nitrogens is 1. The number of nitriles is 1. The van der Waals surface area contributed by atoms with E-state index in [1.54, 1.807) is 12.1 Å². The van der Waals surface area contributed by atoms with Gasteiger partial charge in [0, 0.05) is 52.7 Å². The van der Waals surface area contributed by atoms with Crippen molar-refractivity contribution in [2.24, 2.45) is 5.92 Å². The van der Waals surface area contributed by atoms with E-state index in [1.165, 1.54) is 5.52 Å². The van der Waals surface area contributed by atoms with Gasteiger partial charge >= 0.3 is 0 Å². The summed E-state index contributed by atoms with van der Waals surface area (Å²) in [7, 11) is 0. The maximum Gasteiger partial charge on any atom is 0.162 e. The second-order valence-electron chi connectivity index (χ2n) is 8.63. The Hall–Kier alpha value is -3.71. The topological polar surface area (TPSA) is 62.9 Å². The molecule has 4 nitrogen and oxygen atoms in total. The molecular weight excluding hydrogens is 408 g/mol. The lowest BCUT2D eigenvalue weighted by atomic mass is 9.93. The van der Waals surface area contributed by atoms with Crippen LogP contribution in [0.25, 0.3) is 21.8 Å². The maximum absolute atomic E-state index is 12.9. The average molecular weight is 437 g/mol. The highest BCUT2D eigenvalue weighted by molar-refractivity contribution is 6.11. The van der Waals surface area contributed by atoms with E-state index in [4.69, 9.17) is 5.26 Å². The van der Waals surface area contributed by atoms with Gasteiger partial charge in [-0.25, -0.2) is 0 Å². The third-order valence-corrected chi connectivity index (χ3v) is 6.51. The van der Waals surface area contributed by atoms with Crippen LogP contribution in [0.4, 0.5) is 0 Å². The number of hydrogen-bond donors (Lipinski definition) is 0. The number of ketones is 2. The molecule has 0 amide bonds. The molecule has 0 bridgehead atoms. The minimum Gasteiger partial charge on any atom is -0.341 e. The Bertz CT molecular complexity index is 1360. The van der Waals surface area contributed by atoms with Crippen LogP contribution in [0.3, 0.4) is 0 Å². The molecule has 0 radical (unpaired) electrons. The van der Waals surface area contributed by atoms with Gasteiger partial charge in [0.05, 0.1) is 11.6 Å². The molecule has 4 aromatic rings. The molecule has 1 unspecified atom stereocenters. The number of rotatable bonds is 9. The first-order valence-electron chi connectivity index (χ1n) is 11.6. The SMILES string of the molecule is CCn1c2ccccc2c2cc(C(=O)CCC(C)C(=O)CCc3ccc(C#N)cc3)ccc21. The van der Waals surface area contributed by atoms with Gasteiger partial charge in [0.2, 0.25) is 0 Å². The van der Waals surface area contributed by atoms with Crippen molar-refractivity contribution in [3.63, 3.8) is 0 Å². The van der Waals surface area contributed by atoms with Crippen LogP contribution in [0, 0.1) is 17.2 Å². The molecule has 0 aliphatic rings. The third kappa shape index (κ3) is 4.73. The zero-order chi connectivity index (χ0) is 23.4. The predicted octanol–water partition coefficient (Wildman–Crippen LogP) is 6.49. The fourth-order valence-electron chi connectivity index (χ4n) is 4.48. The number of fused-ring (bicyclic) bond motifs is 3. The number of carbonyl (C=O) groups excluding carboxylic acids is 2. The average Bonchev–Trinajstić information content (AvgIpc) is 3.18. The predicted molar refractivity (Wildman–Crippen MR) is 132 cm³/mol. The van der Waals surface area contributed by atoms with E-state index in [0.29, 0.717) is 36.8 Å². The second kappa shape index (κ2) is 9.83. The Balaban J connectivity index is 1.39. The highest BCUT2D eigenvalue weighted by Crippen LogP contribution is 2.30. The van der Waals surface area contributed by atoms with E-state index in [1.807, 2.05) is 49.4 Å². The van der Waals surface area contributed by atoms with Crippen molar-refractivity contribution in [3.05, 3.63) is 83.4 Å². The molecule has 1 atom stereocenters. The lowest BCUT2D eigenvalue weighted by molar-refractivity contribution is -0.122. The molecule has 0 aliphatic heterocycles. The summed E-state index contributed by atoms with van der Waals surface area (Å²) in [5, 5.41) is 11.1. The highest BCUT2D eigenvalue weighted by Gasteiger charge is 2.17. The number of benzene rings is 3. The van der Waals surface area contributed by atoms with Gasteiger partial charge in [-0.2, -0.15) is 5.26 Å². The standard InChI is InChI=1S/C29H28N2O2/c1-3-31-26-7-5-4-6-24(26)25-18-23(14-15-27(25)31)29(33)16-8-20(2)28(32)17-13-21-9-11-22(19-30)12-10-21/h4-7,9-12,14-15,18,20H,3,8,13,16-17H2,1-2H3. The van der Waals surface area contributed by atoms with Crippen LogP contribution >= 0.6 is 0 Å². The molecule has 1 aromatic heterocycles. The zero-order valence-corrected chi connectivity index (χ0v) is 19.2. The Kier molecular flexibility index (Phi) is 6.70. The fraction of sp³-hybridized carbons (Fsp3) is 0.276. The van der Waals surface area contributed by atoms with Crippen LogP contribution in [0.5, 0.6) is 0 Å². The molecule has 0 saturated carbocycles. The molecular formula is C29H28N2O2. The molecule has 166 valence electrons. The van der Waals surface area contributed by atoms with Gasteiger partial charge in [-0.1, -0.05) is 37.3 Å². The number of para-hydroxylation sites is 1. The number of Topliss-reactive ketones (excluding diaryl/α,β-unsaturated/α-hetero) is 2. The van der Waals surface area contributed by atoms with Crippen molar-refractivity contribution in [1.29, 1.82) is 5.26 Å². The lowest BCUT2D eigenvalue weighted by Gasteiger charge is -2.10. The van der Waals surface area contributed by atoms with Crippen molar-refractivity contribution < 1.29 is 9.59 Å². The third-order valence-electron chi connectivity index (χ3n) is 6.51. The Morgan fingerprint density at radius 2 is 1.67 bits per heavy atom. The van der Waals surface area contributed by atoms with E-state index in [0.717, 1.165) is 28.4 Å². The summed E-state index contributed by atoms with van der Waals surface area (Å²) < 4.78 is 2.27. The highest BCUT2D eigenvalue weighted by atomic mass is 16.1. The molecule has 0 N–H and O–H groups in total. The van der Waals surface area contributed by atoms with Gasteiger partial charge in [-0.3, -0.25) is 9.59 Å². The number of carbonyl (C=O) groups is 2. The first-order valence-corrected chi connectivity index (χ1v) is 11.6. The van der Waals surface area contributed by atoms with Crippen LogP contribution in [0.15, 0.2) is 66.7 Å². The van der Waals surface area contributed by atoms with Gasteiger partial charge in [-0.05, 0) is 61.7 Å². The molecule has 0 aliphatic carbocycles. The molecule has 4 heteroatoms. The fourth-order valence-corrected chi connectivity index (χ4v) is 4.48. The summed E-state index contributed by atoms with van der Waals surface area (Å²) in [6.07, 6.45) is 2.02. The minimum absolute atomic E-state index is 0.0805. The van der Waals surface area contributed by atoms with Gasteiger partial charge in [0.1, 0.15) is 5.78 Å². The summed E-state index contributed by atoms with van der Waals surface area (Å²) in [4.78, 5) is 25.5. The summed E-state index contributed by atoms with van der Waals surface area (Å²) in [5.41, 5.74) is 4.70. The van der Waals surface area contributed by atoms with Crippen molar-refractivity contribution in [3.8, 4) is 6.07 Å². The molecule has 1 heterocycles. The molecule has 0 fully saturated rings. The van der Waals surface area contributed by atoms with Crippen LogP contribution in [-0.4, -0.2) is 16.1 Å². The Labute approximate surface area is 194 Å². The van der Waals surface area contributed by atoms with Crippen molar-refractivity contribution in [2.45, 2.75) is 46.1 Å². The number of hydrogen-bond acceptors (Lipinski definition) is 3. The van der Waals surface area contributed by atoms with Crippen LogP contribution < -0.4 is 0 Å². The molecule has 3 aromatic carbocycles. The summed E-state index contributed by atoms with van der Waals surface area (Å²) in [6, 6.07) is 23.7. The van der Waals surface area contributed by atoms with Gasteiger partial charge in [0.15, 0.2) is 5.78 Å². The summed E-state index contributed by atoms with van der Waals surface area (Å²) >= 11 is 0. The number of nitrogens with zero attached hydrogens (tertiary/aromatic N) is 2. The smallest absolute Gasteiger partial charge is 0.162 e. The normalized spacial score (nSPS) is 12.0. The largest absolute Gasteiger partial charge is 0.341 e. The summed E-state index contributed by atoms with van der Waals surface area (Å²) in [6.45, 7) is 4.91. The lowest BCUT2D eigenvalue weighted by Crippen LogP contribution is -2.13. The zero-order valence-electron chi connectivity index (χ0n) is 19.2. The van der Waals surface area contributed by atoms with E-state index < -0.39 is 0 Å². The van der Waals surface area contributed by atoms with Crippen molar-refractivity contribution in [1.82, 2.24) is 4.57 Å². The van der Waals surface area contributed by atoms with Crippen LogP contribution in [0.2, 0.25) is 0 Å². The quantitative estimate of drug-likeness (QED) is 0.282. The van der Waals surface area contributed by atoms with Gasteiger partial charge in [-0.15, -0.1) is 0 Å². The Morgan fingerprint density at radius 3 is 2.39 bits per heavy atom. The first kappa shape index (κ1) is 22.5. The maximum atomic E-state index is 12.9. The van der Waals surface area contributed by atoms with E-state index in [9.17, 15) is 9.59 Å². The van der Waals surface area contributed by atoms with Crippen molar-refractivity contribution >= 4 is 33.4 Å². The molecule has 0 spiro atoms. The second-order valence-corrected chi connectivity index (χ2v) is 8.63.